The van der Waals surface area contributed by atoms with Crippen molar-refractivity contribution in [2.24, 2.45) is 0 Å². The molecule has 2 fully saturated rings. The molecule has 4 amide bonds. The Labute approximate surface area is 373 Å². The molecule has 2 aromatic heterocycles. The van der Waals surface area contributed by atoms with E-state index < -0.39 is 11.1 Å². The van der Waals surface area contributed by atoms with Gasteiger partial charge in [0.25, 0.3) is 11.8 Å². The van der Waals surface area contributed by atoms with Gasteiger partial charge in [-0.1, -0.05) is 162 Å². The second-order valence-corrected chi connectivity index (χ2v) is 16.8. The smallest absolute Gasteiger partial charge is 0.262 e. The standard InChI is InChI=1S/C18H22N2O3S.C18H20N2O3S.2C6H6.C2H6/c2*21-11-10-19-17(23)18(8-4-1-5-9-18)20-16(22)15-12-13-6-2-3-7-14(13)24-15;2*1-2-4-6-5-3-1;1-2/h2-3,6-7,12,21H,1,4-5,8-11H2,(H,19,23)(H,20,22);2-3,6-7,11-12H,1,4-5,8-10H2,(H,19,23)(H,20,22);2*1-6H;1-2H3. The van der Waals surface area contributed by atoms with E-state index >= 15 is 0 Å². The zero-order chi connectivity index (χ0) is 44.5. The molecule has 2 aliphatic carbocycles. The summed E-state index contributed by atoms with van der Waals surface area (Å²) in [4.78, 5) is 62.3. The van der Waals surface area contributed by atoms with Crippen LogP contribution in [0.1, 0.15) is 97.4 Å². The minimum atomic E-state index is -0.908. The van der Waals surface area contributed by atoms with Gasteiger partial charge >= 0.3 is 0 Å². The molecule has 4 aromatic carbocycles. The van der Waals surface area contributed by atoms with E-state index in [1.165, 1.54) is 22.7 Å². The average Bonchev–Trinajstić information content (AvgIpc) is 3.99. The number of carbonyl (C=O) groups is 5. The number of rotatable bonds is 10. The Bertz CT molecular complexity index is 2100. The van der Waals surface area contributed by atoms with Crippen LogP contribution in [-0.2, 0) is 14.4 Å². The van der Waals surface area contributed by atoms with Crippen LogP contribution in [0.25, 0.3) is 20.2 Å². The summed E-state index contributed by atoms with van der Waals surface area (Å²) in [6.45, 7) is 4.07. The summed E-state index contributed by atoms with van der Waals surface area (Å²) in [5, 5.41) is 22.3. The number of aliphatic hydroxyl groups excluding tert-OH is 1. The van der Waals surface area contributed by atoms with Crippen molar-refractivity contribution in [3.63, 3.8) is 0 Å². The van der Waals surface area contributed by atoms with Crippen LogP contribution in [0.15, 0.2) is 133 Å². The highest BCUT2D eigenvalue weighted by atomic mass is 32.1. The Kier molecular flexibility index (Phi) is 21.0. The third kappa shape index (κ3) is 14.7. The van der Waals surface area contributed by atoms with E-state index in [2.05, 4.69) is 21.3 Å². The molecule has 0 spiro atoms. The number of fused-ring (bicyclic) bond motifs is 2. The summed E-state index contributed by atoms with van der Waals surface area (Å²) in [5.74, 6) is -0.869. The zero-order valence-electron chi connectivity index (χ0n) is 35.8. The van der Waals surface area contributed by atoms with Gasteiger partial charge in [-0.25, -0.2) is 0 Å². The monoisotopic (exact) mass is 876 g/mol. The number of hydrogen-bond donors (Lipinski definition) is 5. The summed E-state index contributed by atoms with van der Waals surface area (Å²) in [6.07, 6.45) is 8.89. The zero-order valence-corrected chi connectivity index (χ0v) is 37.4. The van der Waals surface area contributed by atoms with Crippen molar-refractivity contribution in [3.8, 4) is 0 Å². The fourth-order valence-corrected chi connectivity index (χ4v) is 9.20. The van der Waals surface area contributed by atoms with Gasteiger partial charge in [-0.05, 0) is 60.7 Å². The Morgan fingerprint density at radius 2 is 0.903 bits per heavy atom. The maximum Gasteiger partial charge on any atom is 0.262 e. The van der Waals surface area contributed by atoms with Crippen LogP contribution >= 0.6 is 22.7 Å². The van der Waals surface area contributed by atoms with Crippen LogP contribution in [-0.4, -0.2) is 65.8 Å². The van der Waals surface area contributed by atoms with Crippen molar-refractivity contribution in [2.45, 2.75) is 89.1 Å². The number of nitrogens with one attached hydrogen (secondary N) is 4. The van der Waals surface area contributed by atoms with E-state index in [0.717, 1.165) is 58.7 Å². The first-order valence-corrected chi connectivity index (χ1v) is 23.2. The number of aldehydes is 1. The molecule has 0 unspecified atom stereocenters. The molecule has 62 heavy (non-hydrogen) atoms. The quantitative estimate of drug-likeness (QED) is 0.0865. The lowest BCUT2D eigenvalue weighted by Gasteiger charge is -2.36. The highest BCUT2D eigenvalue weighted by molar-refractivity contribution is 7.21. The Hall–Kier alpha value is -5.69. The number of benzene rings is 4. The third-order valence-corrected chi connectivity index (χ3v) is 12.6. The number of carbonyl (C=O) groups excluding carboxylic acids is 5. The third-order valence-electron chi connectivity index (χ3n) is 10.4. The predicted octanol–water partition coefficient (Wildman–Crippen LogP) is 9.49. The normalized spacial score (nSPS) is 14.5. The number of aliphatic hydroxyl groups is 1. The maximum absolute atomic E-state index is 12.7. The van der Waals surface area contributed by atoms with Gasteiger partial charge in [-0.15, -0.1) is 22.7 Å². The largest absolute Gasteiger partial charge is 0.395 e. The molecule has 2 aliphatic rings. The second-order valence-electron chi connectivity index (χ2n) is 14.7. The lowest BCUT2D eigenvalue weighted by Crippen LogP contribution is -2.59. The highest BCUT2D eigenvalue weighted by Crippen LogP contribution is 2.32. The lowest BCUT2D eigenvalue weighted by molar-refractivity contribution is -0.129. The molecular formula is C50H60N4O6S2. The first-order valence-electron chi connectivity index (χ1n) is 21.5. The number of amides is 4. The Balaban J connectivity index is 0.000000208. The van der Waals surface area contributed by atoms with Gasteiger partial charge < -0.3 is 31.2 Å². The van der Waals surface area contributed by atoms with Crippen LogP contribution < -0.4 is 21.3 Å². The van der Waals surface area contributed by atoms with Crippen LogP contribution in [0.4, 0.5) is 0 Å². The fraction of sp³-hybridized carbons (Fsp3) is 0.340. The molecular weight excluding hydrogens is 817 g/mol. The lowest BCUT2D eigenvalue weighted by atomic mass is 9.80. The topological polar surface area (TPSA) is 154 Å². The summed E-state index contributed by atoms with van der Waals surface area (Å²) < 4.78 is 2.11. The summed E-state index contributed by atoms with van der Waals surface area (Å²) in [6, 6.07) is 43.4. The number of hydrogen-bond acceptors (Lipinski definition) is 8. The van der Waals surface area contributed by atoms with Gasteiger partial charge in [-0.3, -0.25) is 19.2 Å². The molecule has 6 aromatic rings. The van der Waals surface area contributed by atoms with Crippen molar-refractivity contribution in [1.82, 2.24) is 21.3 Å². The van der Waals surface area contributed by atoms with Gasteiger partial charge in [0.1, 0.15) is 17.4 Å². The van der Waals surface area contributed by atoms with Crippen LogP contribution in [0.3, 0.4) is 0 Å². The van der Waals surface area contributed by atoms with E-state index in [1.54, 1.807) is 0 Å². The molecule has 0 saturated heterocycles. The van der Waals surface area contributed by atoms with Crippen molar-refractivity contribution >= 4 is 72.8 Å². The van der Waals surface area contributed by atoms with Crippen LogP contribution in [0, 0.1) is 0 Å². The van der Waals surface area contributed by atoms with E-state index in [-0.39, 0.29) is 43.3 Å². The van der Waals surface area contributed by atoms with Crippen molar-refractivity contribution in [1.29, 1.82) is 0 Å². The molecule has 12 heteroatoms. The minimum Gasteiger partial charge on any atom is -0.395 e. The van der Waals surface area contributed by atoms with E-state index in [0.29, 0.717) is 41.7 Å². The second kappa shape index (κ2) is 26.6. The minimum absolute atomic E-state index is 0.0284. The van der Waals surface area contributed by atoms with E-state index in [9.17, 15) is 24.0 Å². The van der Waals surface area contributed by atoms with E-state index in [1.807, 2.05) is 147 Å². The van der Waals surface area contributed by atoms with Crippen molar-refractivity contribution < 1.29 is 29.1 Å². The molecule has 2 heterocycles. The summed E-state index contributed by atoms with van der Waals surface area (Å²) in [5.41, 5.74) is -1.77. The molecule has 5 N–H and O–H groups in total. The van der Waals surface area contributed by atoms with Gasteiger partial charge in [-0.2, -0.15) is 0 Å². The van der Waals surface area contributed by atoms with Crippen LogP contribution in [0.5, 0.6) is 0 Å². The molecule has 8 rings (SSSR count). The molecule has 328 valence electrons. The summed E-state index contributed by atoms with van der Waals surface area (Å²) in [7, 11) is 0. The molecule has 0 bridgehead atoms. The van der Waals surface area contributed by atoms with Crippen LogP contribution in [0.2, 0.25) is 0 Å². The van der Waals surface area contributed by atoms with Gasteiger partial charge in [0, 0.05) is 15.9 Å². The Morgan fingerprint density at radius 1 is 0.548 bits per heavy atom. The first kappa shape index (κ1) is 49.0. The SMILES string of the molecule is CC.O=C(NC1(C(=O)NCCO)CCCCC1)c1cc2ccccc2s1.O=CCNC(=O)C1(NC(=O)c2cc3ccccc3s2)CCCCC1.c1ccccc1.c1ccccc1. The van der Waals surface area contributed by atoms with Gasteiger partial charge in [0.05, 0.1) is 22.9 Å². The first-order chi connectivity index (χ1) is 30.3. The van der Waals surface area contributed by atoms with Gasteiger partial charge in [0.15, 0.2) is 0 Å². The van der Waals surface area contributed by atoms with E-state index in [4.69, 9.17) is 5.11 Å². The van der Waals surface area contributed by atoms with Gasteiger partial charge in [0.2, 0.25) is 11.8 Å². The molecule has 0 radical (unpaired) electrons. The van der Waals surface area contributed by atoms with Crippen molar-refractivity contribution in [2.75, 3.05) is 19.7 Å². The predicted molar refractivity (Wildman–Crippen MR) is 254 cm³/mol. The average molecular weight is 877 g/mol. The molecule has 0 aliphatic heterocycles. The Morgan fingerprint density at radius 3 is 1.24 bits per heavy atom. The molecule has 2 saturated carbocycles. The fourth-order valence-electron chi connectivity index (χ4n) is 7.29. The summed E-state index contributed by atoms with van der Waals surface area (Å²) >= 11 is 2.86. The molecule has 0 atom stereocenters. The maximum atomic E-state index is 12.7. The number of thiophene rings is 2. The van der Waals surface area contributed by atoms with Crippen molar-refractivity contribution in [3.05, 3.63) is 143 Å². The highest BCUT2D eigenvalue weighted by Gasteiger charge is 2.42. The molecule has 10 nitrogen and oxygen atoms in total.